The molecule has 7 nitrogen and oxygen atoms in total. The Bertz CT molecular complexity index is 384. The predicted molar refractivity (Wildman–Crippen MR) is 74.8 cm³/mol. The average Bonchev–Trinajstić information content (AvgIpc) is 2.87. The minimum atomic E-state index is -1.09. The van der Waals surface area contributed by atoms with Crippen LogP contribution in [-0.2, 0) is 4.79 Å². The zero-order chi connectivity index (χ0) is 15.4. The van der Waals surface area contributed by atoms with Crippen molar-refractivity contribution in [1.29, 1.82) is 0 Å². The Labute approximate surface area is 124 Å². The normalized spacial score (nSPS) is 26.9. The second kappa shape index (κ2) is 7.09. The van der Waals surface area contributed by atoms with E-state index in [1.807, 2.05) is 0 Å². The molecule has 21 heavy (non-hydrogen) atoms. The summed E-state index contributed by atoms with van der Waals surface area (Å²) in [7, 11) is 0. The van der Waals surface area contributed by atoms with E-state index < -0.39 is 18.1 Å². The Balaban J connectivity index is 2.11. The summed E-state index contributed by atoms with van der Waals surface area (Å²) in [5.74, 6) is -1.09. The summed E-state index contributed by atoms with van der Waals surface area (Å²) in [6, 6.07) is -1.29. The molecule has 0 aromatic rings. The minimum absolute atomic E-state index is 0.0461. The van der Waals surface area contributed by atoms with E-state index in [4.69, 9.17) is 0 Å². The van der Waals surface area contributed by atoms with Crippen LogP contribution in [0.4, 0.5) is 4.79 Å². The largest absolute Gasteiger partial charge is 0.480 e. The summed E-state index contributed by atoms with van der Waals surface area (Å²) < 4.78 is 0. The molecular formula is C14H24N2O5. The van der Waals surface area contributed by atoms with Crippen molar-refractivity contribution in [3.05, 3.63) is 0 Å². The molecule has 0 spiro atoms. The molecule has 1 aliphatic carbocycles. The molecule has 3 N–H and O–H groups in total. The van der Waals surface area contributed by atoms with Crippen LogP contribution in [0.25, 0.3) is 0 Å². The molecule has 0 radical (unpaired) electrons. The maximum absolute atomic E-state index is 12.7. The molecule has 0 aromatic carbocycles. The molecule has 0 bridgehead atoms. The number of likely N-dealkylation sites (tertiary alicyclic amines) is 1. The number of carbonyl (C=O) groups excluding carboxylic acids is 1. The number of hydrogen-bond acceptors (Lipinski definition) is 4. The maximum atomic E-state index is 12.7. The highest BCUT2D eigenvalue weighted by Gasteiger charge is 2.41. The van der Waals surface area contributed by atoms with Gasteiger partial charge in [-0.1, -0.05) is 19.3 Å². The Morgan fingerprint density at radius 3 is 2.43 bits per heavy atom. The van der Waals surface area contributed by atoms with Gasteiger partial charge in [-0.15, -0.1) is 0 Å². The van der Waals surface area contributed by atoms with Crippen molar-refractivity contribution >= 4 is 12.0 Å². The van der Waals surface area contributed by atoms with Gasteiger partial charge in [0.1, 0.15) is 6.04 Å². The van der Waals surface area contributed by atoms with Crippen molar-refractivity contribution in [3.8, 4) is 0 Å². The van der Waals surface area contributed by atoms with Crippen LogP contribution in [0.15, 0.2) is 0 Å². The topological polar surface area (TPSA) is 101 Å². The molecule has 2 aliphatic rings. The number of hydrogen-bond donors (Lipinski definition) is 3. The van der Waals surface area contributed by atoms with Crippen LogP contribution in [0, 0.1) is 0 Å². The van der Waals surface area contributed by atoms with E-state index >= 15 is 0 Å². The fourth-order valence-electron chi connectivity index (χ4n) is 3.36. The molecule has 1 saturated heterocycles. The van der Waals surface area contributed by atoms with Crippen LogP contribution in [0.1, 0.15) is 38.5 Å². The van der Waals surface area contributed by atoms with Gasteiger partial charge in [0.15, 0.2) is 0 Å². The Kier molecular flexibility index (Phi) is 5.41. The van der Waals surface area contributed by atoms with Gasteiger partial charge in [0.25, 0.3) is 0 Å². The third-order valence-corrected chi connectivity index (χ3v) is 4.41. The van der Waals surface area contributed by atoms with Crippen LogP contribution >= 0.6 is 0 Å². The second-order valence-electron chi connectivity index (χ2n) is 5.89. The van der Waals surface area contributed by atoms with E-state index in [9.17, 15) is 24.9 Å². The van der Waals surface area contributed by atoms with Gasteiger partial charge in [0, 0.05) is 25.6 Å². The molecule has 1 aliphatic heterocycles. The number of aliphatic carboxylic acids is 1. The fourth-order valence-corrected chi connectivity index (χ4v) is 3.36. The number of urea groups is 1. The minimum Gasteiger partial charge on any atom is -0.480 e. The molecule has 120 valence electrons. The summed E-state index contributed by atoms with van der Waals surface area (Å²) in [5.41, 5.74) is 0. The fraction of sp³-hybridized carbons (Fsp3) is 0.857. The summed E-state index contributed by atoms with van der Waals surface area (Å²) in [4.78, 5) is 26.7. The SMILES string of the molecule is O=C(O)[C@@H]1CC(O)CN1C(=O)N(CCO)C1CCCCC1. The molecule has 1 unspecified atom stereocenters. The Hall–Kier alpha value is -1.34. The third kappa shape index (κ3) is 3.65. The predicted octanol–water partition coefficient (Wildman–Crippen LogP) is 0.253. The molecule has 2 atom stereocenters. The lowest BCUT2D eigenvalue weighted by atomic mass is 9.94. The number of β-amino-alcohol motifs (C(OH)–C–C–N with tert-alkyl or cyclic N) is 1. The van der Waals surface area contributed by atoms with Gasteiger partial charge in [0.05, 0.1) is 12.7 Å². The highest BCUT2D eigenvalue weighted by Crippen LogP contribution is 2.26. The molecule has 0 aromatic heterocycles. The van der Waals surface area contributed by atoms with E-state index in [1.54, 1.807) is 4.90 Å². The van der Waals surface area contributed by atoms with E-state index in [-0.39, 0.29) is 38.2 Å². The van der Waals surface area contributed by atoms with Crippen molar-refractivity contribution in [2.45, 2.75) is 56.7 Å². The van der Waals surface area contributed by atoms with Crippen LogP contribution in [0.5, 0.6) is 0 Å². The lowest BCUT2D eigenvalue weighted by Crippen LogP contribution is -2.52. The molecule has 2 rings (SSSR count). The van der Waals surface area contributed by atoms with Crippen LogP contribution in [0.3, 0.4) is 0 Å². The number of aliphatic hydroxyl groups is 2. The first kappa shape index (κ1) is 16.0. The lowest BCUT2D eigenvalue weighted by molar-refractivity contribution is -0.141. The van der Waals surface area contributed by atoms with Crippen molar-refractivity contribution in [3.63, 3.8) is 0 Å². The Morgan fingerprint density at radius 2 is 1.86 bits per heavy atom. The number of carboxylic acid groups (broad SMARTS) is 1. The van der Waals surface area contributed by atoms with Crippen LogP contribution in [-0.4, -0.2) is 75.0 Å². The molecular weight excluding hydrogens is 276 g/mol. The number of amides is 2. The first-order chi connectivity index (χ1) is 10.0. The first-order valence-electron chi connectivity index (χ1n) is 7.63. The van der Waals surface area contributed by atoms with Crippen molar-refractivity contribution in [2.24, 2.45) is 0 Å². The number of aliphatic hydroxyl groups excluding tert-OH is 2. The molecule has 2 fully saturated rings. The molecule has 7 heteroatoms. The standard InChI is InChI=1S/C14H24N2O5/c17-7-6-15(10-4-2-1-3-5-10)14(21)16-9-11(18)8-12(16)13(19)20/h10-12,17-18H,1-9H2,(H,19,20)/t11?,12-/m0/s1. The number of nitrogens with zero attached hydrogens (tertiary/aromatic N) is 2. The molecule has 1 heterocycles. The quantitative estimate of drug-likeness (QED) is 0.691. The zero-order valence-corrected chi connectivity index (χ0v) is 12.1. The van der Waals surface area contributed by atoms with E-state index in [2.05, 4.69) is 0 Å². The summed E-state index contributed by atoms with van der Waals surface area (Å²) in [5, 5.41) is 28.1. The van der Waals surface area contributed by atoms with Gasteiger partial charge in [-0.3, -0.25) is 0 Å². The third-order valence-electron chi connectivity index (χ3n) is 4.41. The van der Waals surface area contributed by atoms with E-state index in [0.717, 1.165) is 32.1 Å². The van der Waals surface area contributed by atoms with Crippen molar-refractivity contribution < 1.29 is 24.9 Å². The number of rotatable bonds is 4. The lowest BCUT2D eigenvalue weighted by Gasteiger charge is -2.37. The van der Waals surface area contributed by atoms with Crippen LogP contribution in [0.2, 0.25) is 0 Å². The average molecular weight is 300 g/mol. The zero-order valence-electron chi connectivity index (χ0n) is 12.1. The summed E-state index contributed by atoms with van der Waals surface area (Å²) in [6.45, 7) is 0.114. The van der Waals surface area contributed by atoms with Gasteiger partial charge in [-0.25, -0.2) is 9.59 Å². The summed E-state index contributed by atoms with van der Waals surface area (Å²) in [6.07, 6.45) is 4.30. The first-order valence-corrected chi connectivity index (χ1v) is 7.63. The van der Waals surface area contributed by atoms with Crippen LogP contribution < -0.4 is 0 Å². The van der Waals surface area contributed by atoms with Crippen molar-refractivity contribution in [1.82, 2.24) is 9.80 Å². The molecule has 1 saturated carbocycles. The van der Waals surface area contributed by atoms with Gasteiger partial charge in [0.2, 0.25) is 0 Å². The highest BCUT2D eigenvalue weighted by atomic mass is 16.4. The van der Waals surface area contributed by atoms with E-state index in [0.29, 0.717) is 0 Å². The van der Waals surface area contributed by atoms with E-state index in [1.165, 1.54) is 4.90 Å². The smallest absolute Gasteiger partial charge is 0.326 e. The Morgan fingerprint density at radius 1 is 1.19 bits per heavy atom. The monoisotopic (exact) mass is 300 g/mol. The van der Waals surface area contributed by atoms with Gasteiger partial charge >= 0.3 is 12.0 Å². The van der Waals surface area contributed by atoms with Crippen molar-refractivity contribution in [2.75, 3.05) is 19.7 Å². The maximum Gasteiger partial charge on any atom is 0.326 e. The number of carboxylic acids is 1. The highest BCUT2D eigenvalue weighted by molar-refractivity contribution is 5.83. The second-order valence-corrected chi connectivity index (χ2v) is 5.89. The molecule has 2 amide bonds. The summed E-state index contributed by atoms with van der Waals surface area (Å²) >= 11 is 0. The van der Waals surface area contributed by atoms with Gasteiger partial charge in [-0.2, -0.15) is 0 Å². The number of carbonyl (C=O) groups is 2. The van der Waals surface area contributed by atoms with Gasteiger partial charge in [-0.05, 0) is 12.8 Å². The van der Waals surface area contributed by atoms with Gasteiger partial charge < -0.3 is 25.1 Å².